The van der Waals surface area contributed by atoms with Crippen molar-refractivity contribution >= 4 is 21.8 Å². The maximum Gasteiger partial charge on any atom is 0.224 e. The molecule has 0 heterocycles. The molecule has 0 bridgehead atoms. The first kappa shape index (κ1) is 17.5. The SMILES string of the molecule is Cc1ccc(C)c(OCCNC(=O)Cc2ccc(Br)cc2)c1C. The van der Waals surface area contributed by atoms with Crippen molar-refractivity contribution in [2.75, 3.05) is 13.2 Å². The van der Waals surface area contributed by atoms with Crippen LogP contribution in [0.3, 0.4) is 0 Å². The zero-order valence-corrected chi connectivity index (χ0v) is 15.4. The first-order valence-electron chi connectivity index (χ1n) is 7.68. The molecule has 0 aliphatic carbocycles. The second-order valence-electron chi connectivity index (χ2n) is 5.66. The Morgan fingerprint density at radius 2 is 1.70 bits per heavy atom. The van der Waals surface area contributed by atoms with E-state index in [4.69, 9.17) is 4.74 Å². The standard InChI is InChI=1S/C19H22BrNO2/c1-13-4-5-14(2)19(15(13)3)23-11-10-21-18(22)12-16-6-8-17(20)9-7-16/h4-9H,10-12H2,1-3H3,(H,21,22). The highest BCUT2D eigenvalue weighted by molar-refractivity contribution is 9.10. The van der Waals surface area contributed by atoms with Crippen molar-refractivity contribution in [3.05, 3.63) is 63.1 Å². The first-order chi connectivity index (χ1) is 11.0. The molecule has 0 unspecified atom stereocenters. The van der Waals surface area contributed by atoms with E-state index in [1.165, 1.54) is 5.56 Å². The van der Waals surface area contributed by atoms with Crippen molar-refractivity contribution < 1.29 is 9.53 Å². The number of amides is 1. The Morgan fingerprint density at radius 3 is 2.39 bits per heavy atom. The van der Waals surface area contributed by atoms with Gasteiger partial charge in [-0.15, -0.1) is 0 Å². The zero-order valence-electron chi connectivity index (χ0n) is 13.8. The van der Waals surface area contributed by atoms with Crippen LogP contribution in [0.15, 0.2) is 40.9 Å². The second-order valence-corrected chi connectivity index (χ2v) is 6.57. The molecule has 2 rings (SSSR count). The number of hydrogen-bond acceptors (Lipinski definition) is 2. The van der Waals surface area contributed by atoms with Crippen molar-refractivity contribution in [1.29, 1.82) is 0 Å². The number of carbonyl (C=O) groups is 1. The summed E-state index contributed by atoms with van der Waals surface area (Å²) in [6.45, 7) is 7.14. The smallest absolute Gasteiger partial charge is 0.224 e. The Labute approximate surface area is 146 Å². The van der Waals surface area contributed by atoms with Crippen LogP contribution in [0.4, 0.5) is 0 Å². The molecule has 0 saturated carbocycles. The molecule has 0 aromatic heterocycles. The number of carbonyl (C=O) groups excluding carboxylic acids is 1. The fraction of sp³-hybridized carbons (Fsp3) is 0.316. The molecule has 0 aliphatic heterocycles. The number of nitrogens with one attached hydrogen (secondary N) is 1. The van der Waals surface area contributed by atoms with Gasteiger partial charge in [-0.05, 0) is 55.2 Å². The number of halogens is 1. The molecule has 4 heteroatoms. The minimum absolute atomic E-state index is 0.00797. The molecule has 0 saturated heterocycles. The minimum atomic E-state index is 0.00797. The quantitative estimate of drug-likeness (QED) is 0.771. The first-order valence-corrected chi connectivity index (χ1v) is 8.47. The van der Waals surface area contributed by atoms with Gasteiger partial charge in [-0.3, -0.25) is 4.79 Å². The van der Waals surface area contributed by atoms with Crippen LogP contribution in [0.1, 0.15) is 22.3 Å². The van der Waals surface area contributed by atoms with Gasteiger partial charge in [0.25, 0.3) is 0 Å². The van der Waals surface area contributed by atoms with Crippen molar-refractivity contribution in [3.8, 4) is 5.75 Å². The summed E-state index contributed by atoms with van der Waals surface area (Å²) in [7, 11) is 0. The number of ether oxygens (including phenoxy) is 1. The van der Waals surface area contributed by atoms with Crippen LogP contribution >= 0.6 is 15.9 Å². The Bertz CT molecular complexity index is 681. The average Bonchev–Trinajstić information content (AvgIpc) is 2.52. The third-order valence-electron chi connectivity index (χ3n) is 3.82. The lowest BCUT2D eigenvalue weighted by molar-refractivity contribution is -0.120. The van der Waals surface area contributed by atoms with E-state index in [2.05, 4.69) is 47.2 Å². The highest BCUT2D eigenvalue weighted by atomic mass is 79.9. The zero-order chi connectivity index (χ0) is 16.8. The van der Waals surface area contributed by atoms with Gasteiger partial charge in [-0.1, -0.05) is 40.2 Å². The van der Waals surface area contributed by atoms with Gasteiger partial charge in [0, 0.05) is 4.47 Å². The van der Waals surface area contributed by atoms with E-state index in [1.807, 2.05) is 31.2 Å². The van der Waals surface area contributed by atoms with Gasteiger partial charge in [0.2, 0.25) is 5.91 Å². The Hall–Kier alpha value is -1.81. The van der Waals surface area contributed by atoms with Gasteiger partial charge < -0.3 is 10.1 Å². The predicted octanol–water partition coefficient (Wildman–Crippen LogP) is 4.11. The molecule has 0 aliphatic rings. The monoisotopic (exact) mass is 375 g/mol. The van der Waals surface area contributed by atoms with Crippen molar-refractivity contribution in [2.45, 2.75) is 27.2 Å². The molecular weight excluding hydrogens is 354 g/mol. The molecule has 0 radical (unpaired) electrons. The summed E-state index contributed by atoms with van der Waals surface area (Å²) in [6.07, 6.45) is 0.385. The summed E-state index contributed by atoms with van der Waals surface area (Å²) >= 11 is 3.38. The maximum atomic E-state index is 11.9. The fourth-order valence-electron chi connectivity index (χ4n) is 2.34. The van der Waals surface area contributed by atoms with Crippen molar-refractivity contribution in [3.63, 3.8) is 0 Å². The topological polar surface area (TPSA) is 38.3 Å². The van der Waals surface area contributed by atoms with Gasteiger partial charge >= 0.3 is 0 Å². The van der Waals surface area contributed by atoms with Gasteiger partial charge in [0.05, 0.1) is 13.0 Å². The highest BCUT2D eigenvalue weighted by Gasteiger charge is 2.07. The molecule has 0 spiro atoms. The van der Waals surface area contributed by atoms with E-state index < -0.39 is 0 Å². The summed E-state index contributed by atoms with van der Waals surface area (Å²) in [5, 5.41) is 2.89. The van der Waals surface area contributed by atoms with Crippen LogP contribution in [0.5, 0.6) is 5.75 Å². The highest BCUT2D eigenvalue weighted by Crippen LogP contribution is 2.25. The Morgan fingerprint density at radius 1 is 1.04 bits per heavy atom. The lowest BCUT2D eigenvalue weighted by Gasteiger charge is -2.14. The molecule has 23 heavy (non-hydrogen) atoms. The molecule has 0 fully saturated rings. The maximum absolute atomic E-state index is 11.9. The molecular formula is C19H22BrNO2. The summed E-state index contributed by atoms with van der Waals surface area (Å²) in [5.74, 6) is 0.931. The fourth-order valence-corrected chi connectivity index (χ4v) is 2.61. The van der Waals surface area contributed by atoms with E-state index in [0.717, 1.165) is 26.9 Å². The van der Waals surface area contributed by atoms with E-state index in [-0.39, 0.29) is 5.91 Å². The third kappa shape index (κ3) is 5.10. The molecule has 1 N–H and O–H groups in total. The van der Waals surface area contributed by atoms with Crippen LogP contribution in [0.2, 0.25) is 0 Å². The normalized spacial score (nSPS) is 10.4. The van der Waals surface area contributed by atoms with Crippen molar-refractivity contribution in [1.82, 2.24) is 5.32 Å². The lowest BCUT2D eigenvalue weighted by atomic mass is 10.1. The summed E-state index contributed by atoms with van der Waals surface area (Å²) < 4.78 is 6.86. The molecule has 122 valence electrons. The molecule has 2 aromatic rings. The van der Waals surface area contributed by atoms with E-state index in [9.17, 15) is 4.79 Å². The van der Waals surface area contributed by atoms with Gasteiger partial charge in [0.15, 0.2) is 0 Å². The Kier molecular flexibility index (Phi) is 6.22. The minimum Gasteiger partial charge on any atom is -0.491 e. The molecule has 1 amide bonds. The van der Waals surface area contributed by atoms with Gasteiger partial charge in [0.1, 0.15) is 12.4 Å². The number of rotatable bonds is 6. The molecule has 2 aromatic carbocycles. The summed E-state index contributed by atoms with van der Waals surface area (Å²) in [4.78, 5) is 11.9. The number of benzene rings is 2. The number of hydrogen-bond donors (Lipinski definition) is 1. The van der Waals surface area contributed by atoms with Gasteiger partial charge in [-0.2, -0.15) is 0 Å². The Balaban J connectivity index is 1.78. The van der Waals surface area contributed by atoms with Crippen LogP contribution < -0.4 is 10.1 Å². The van der Waals surface area contributed by atoms with Gasteiger partial charge in [-0.25, -0.2) is 0 Å². The third-order valence-corrected chi connectivity index (χ3v) is 4.35. The van der Waals surface area contributed by atoms with E-state index >= 15 is 0 Å². The molecule has 3 nitrogen and oxygen atoms in total. The summed E-state index contributed by atoms with van der Waals surface area (Å²) in [6, 6.07) is 11.9. The van der Waals surface area contributed by atoms with Crippen LogP contribution in [0, 0.1) is 20.8 Å². The van der Waals surface area contributed by atoms with Crippen molar-refractivity contribution in [2.24, 2.45) is 0 Å². The predicted molar refractivity (Wildman–Crippen MR) is 97.0 cm³/mol. The van der Waals surface area contributed by atoms with Crippen LogP contribution in [0.25, 0.3) is 0 Å². The number of aryl methyl sites for hydroxylation is 2. The molecule has 0 atom stereocenters. The van der Waals surface area contributed by atoms with E-state index in [1.54, 1.807) is 0 Å². The van der Waals surface area contributed by atoms with Crippen LogP contribution in [-0.4, -0.2) is 19.1 Å². The summed E-state index contributed by atoms with van der Waals surface area (Å²) in [5.41, 5.74) is 4.49. The largest absolute Gasteiger partial charge is 0.491 e. The van der Waals surface area contributed by atoms with Crippen LogP contribution in [-0.2, 0) is 11.2 Å². The lowest BCUT2D eigenvalue weighted by Crippen LogP contribution is -2.29. The second kappa shape index (κ2) is 8.16. The van der Waals surface area contributed by atoms with E-state index in [0.29, 0.717) is 19.6 Å². The average molecular weight is 376 g/mol.